The van der Waals surface area contributed by atoms with Crippen molar-refractivity contribution < 1.29 is 0 Å². The zero-order valence-electron chi connectivity index (χ0n) is 9.23. The Morgan fingerprint density at radius 2 is 0.857 bits per heavy atom. The van der Waals surface area contributed by atoms with E-state index < -0.39 is 0 Å². The van der Waals surface area contributed by atoms with Crippen molar-refractivity contribution in [3.05, 3.63) is 0 Å². The zero-order valence-corrected chi connectivity index (χ0v) is 10.9. The normalized spacial score (nSPS) is 11.6. The molecule has 0 aromatic rings. The molecule has 0 nitrogen and oxygen atoms in total. The summed E-state index contributed by atoms with van der Waals surface area (Å²) in [7, 11) is 4.01. The highest BCUT2D eigenvalue weighted by Gasteiger charge is 2.13. The summed E-state index contributed by atoms with van der Waals surface area (Å²) in [4.78, 5) is 0. The first-order valence-electron chi connectivity index (χ1n) is 4.45. The monoisotopic (exact) mass is 238 g/mol. The van der Waals surface area contributed by atoms with Crippen molar-refractivity contribution in [1.82, 2.24) is 0 Å². The Balaban J connectivity index is -0.000000605. The van der Waals surface area contributed by atoms with E-state index in [4.69, 9.17) is 0 Å². The molecule has 2 heteroatoms. The van der Waals surface area contributed by atoms with Gasteiger partial charge in [0.25, 0.3) is 0 Å². The van der Waals surface area contributed by atoms with E-state index in [1.54, 1.807) is 0 Å². The van der Waals surface area contributed by atoms with Gasteiger partial charge < -0.3 is 0 Å². The predicted octanol–water partition coefficient (Wildman–Crippen LogP) is 5.73. The van der Waals surface area contributed by atoms with E-state index in [1.807, 2.05) is 21.6 Å². The molecule has 0 saturated heterocycles. The third kappa shape index (κ3) is 18.5. The molecule has 0 atom stereocenters. The molecule has 0 aliphatic carbocycles. The molecule has 14 heavy (non-hydrogen) atoms. The van der Waals surface area contributed by atoms with E-state index in [0.717, 1.165) is 0 Å². The second-order valence-corrected chi connectivity index (χ2v) is 8.11. The largest absolute Gasteiger partial charge is 0.0936 e. The Labute approximate surface area is 100 Å². The third-order valence-electron chi connectivity index (χ3n) is 1.07. The molecule has 0 aromatic carbocycles. The summed E-state index contributed by atoms with van der Waals surface area (Å²) < 4.78 is 0. The molecule has 90 valence electrons. The maximum absolute atomic E-state index is 2.29. The van der Waals surface area contributed by atoms with Crippen molar-refractivity contribution in [2.75, 3.05) is 11.5 Å². The Hall–Kier alpha value is 0.700. The number of rotatable bonds is 3. The topological polar surface area (TPSA) is 0 Å². The fourth-order valence-corrected chi connectivity index (χ4v) is 3.93. The van der Waals surface area contributed by atoms with E-state index in [9.17, 15) is 0 Å². The van der Waals surface area contributed by atoms with Crippen molar-refractivity contribution in [2.45, 2.75) is 56.4 Å². The van der Waals surface area contributed by atoms with Crippen LogP contribution in [0.3, 0.4) is 0 Å². The molecule has 0 aliphatic heterocycles. The van der Waals surface area contributed by atoms with Crippen LogP contribution < -0.4 is 0 Å². The smallest absolute Gasteiger partial charge is 0.00857 e. The molecule has 0 aromatic heterocycles. The van der Waals surface area contributed by atoms with Crippen LogP contribution in [0.25, 0.3) is 0 Å². The first kappa shape index (κ1) is 20.2. The molecular weight excluding hydrogens is 208 g/mol. The SMILES string of the molecule is C.C.CC(C)(C)CSSCC(C)(C)C. The van der Waals surface area contributed by atoms with Crippen LogP contribution >= 0.6 is 21.6 Å². The zero-order chi connectivity index (χ0) is 9.83. The van der Waals surface area contributed by atoms with Crippen LogP contribution in [0.2, 0.25) is 0 Å². The van der Waals surface area contributed by atoms with E-state index >= 15 is 0 Å². The maximum atomic E-state index is 2.29. The van der Waals surface area contributed by atoms with Gasteiger partial charge in [-0.15, -0.1) is 0 Å². The van der Waals surface area contributed by atoms with Gasteiger partial charge in [0.05, 0.1) is 0 Å². The van der Waals surface area contributed by atoms with Gasteiger partial charge in [-0.05, 0) is 10.8 Å². The van der Waals surface area contributed by atoms with Gasteiger partial charge in [-0.1, -0.05) is 78.0 Å². The lowest BCUT2D eigenvalue weighted by molar-refractivity contribution is 0.479. The van der Waals surface area contributed by atoms with Crippen LogP contribution in [0, 0.1) is 10.8 Å². The lowest BCUT2D eigenvalue weighted by atomic mass is 10.0. The summed E-state index contributed by atoms with van der Waals surface area (Å²) in [6, 6.07) is 0. The molecular formula is C12H30S2. The maximum Gasteiger partial charge on any atom is 0.00857 e. The predicted molar refractivity (Wildman–Crippen MR) is 77.3 cm³/mol. The Morgan fingerprint density at radius 3 is 1.00 bits per heavy atom. The standard InChI is InChI=1S/C10H22S2.2CH4/c1-9(2,3)7-11-12-8-10(4,5)6;;/h7-8H2,1-6H3;2*1H4. The first-order chi connectivity index (χ1) is 5.21. The fourth-order valence-electron chi connectivity index (χ4n) is 0.437. The Bertz CT molecular complexity index is 101. The van der Waals surface area contributed by atoms with E-state index in [0.29, 0.717) is 10.8 Å². The average molecular weight is 239 g/mol. The van der Waals surface area contributed by atoms with Gasteiger partial charge in [0, 0.05) is 11.5 Å². The summed E-state index contributed by atoms with van der Waals surface area (Å²) >= 11 is 0. The average Bonchev–Trinajstić information content (AvgIpc) is 1.76. The van der Waals surface area contributed by atoms with Crippen LogP contribution in [-0.2, 0) is 0 Å². The second-order valence-electron chi connectivity index (χ2n) is 5.65. The molecule has 0 spiro atoms. The van der Waals surface area contributed by atoms with Crippen molar-refractivity contribution in [3.63, 3.8) is 0 Å². The molecule has 0 aliphatic rings. The van der Waals surface area contributed by atoms with E-state index in [2.05, 4.69) is 41.5 Å². The molecule has 0 amide bonds. The highest BCUT2D eigenvalue weighted by molar-refractivity contribution is 8.76. The summed E-state index contributed by atoms with van der Waals surface area (Å²) in [5.41, 5.74) is 0.936. The van der Waals surface area contributed by atoms with Crippen LogP contribution in [0.1, 0.15) is 56.4 Å². The molecule has 0 N–H and O–H groups in total. The van der Waals surface area contributed by atoms with Crippen molar-refractivity contribution in [1.29, 1.82) is 0 Å². The molecule has 0 fully saturated rings. The molecule has 0 rings (SSSR count). The summed E-state index contributed by atoms with van der Waals surface area (Å²) in [5, 5.41) is 0. The highest BCUT2D eigenvalue weighted by Crippen LogP contribution is 2.33. The van der Waals surface area contributed by atoms with Crippen molar-refractivity contribution >= 4 is 21.6 Å². The first-order valence-corrected chi connectivity index (χ1v) is 6.94. The summed E-state index contributed by atoms with van der Waals surface area (Å²) in [6.45, 7) is 13.7. The molecule has 0 heterocycles. The van der Waals surface area contributed by atoms with Gasteiger partial charge in [0.1, 0.15) is 0 Å². The quantitative estimate of drug-likeness (QED) is 0.455. The summed E-state index contributed by atoms with van der Waals surface area (Å²) in [6.07, 6.45) is 0. The van der Waals surface area contributed by atoms with Crippen molar-refractivity contribution in [2.24, 2.45) is 10.8 Å². The molecule has 0 unspecified atom stereocenters. The van der Waals surface area contributed by atoms with Gasteiger partial charge in [-0.25, -0.2) is 0 Å². The minimum atomic E-state index is 0. The molecule has 0 bridgehead atoms. The Morgan fingerprint density at radius 1 is 0.643 bits per heavy atom. The van der Waals surface area contributed by atoms with Crippen molar-refractivity contribution in [3.8, 4) is 0 Å². The van der Waals surface area contributed by atoms with Gasteiger partial charge in [-0.2, -0.15) is 0 Å². The fraction of sp³-hybridized carbons (Fsp3) is 1.00. The van der Waals surface area contributed by atoms with Gasteiger partial charge in [-0.3, -0.25) is 0 Å². The van der Waals surface area contributed by atoms with Gasteiger partial charge >= 0.3 is 0 Å². The number of hydrogen-bond donors (Lipinski definition) is 0. The van der Waals surface area contributed by atoms with Crippen LogP contribution in [0.4, 0.5) is 0 Å². The van der Waals surface area contributed by atoms with Crippen LogP contribution in [0.15, 0.2) is 0 Å². The molecule has 0 saturated carbocycles. The number of hydrogen-bond acceptors (Lipinski definition) is 2. The van der Waals surface area contributed by atoms with Crippen LogP contribution in [0.5, 0.6) is 0 Å². The lowest BCUT2D eigenvalue weighted by Gasteiger charge is -2.20. The van der Waals surface area contributed by atoms with E-state index in [-0.39, 0.29) is 14.9 Å². The van der Waals surface area contributed by atoms with E-state index in [1.165, 1.54) is 11.5 Å². The van der Waals surface area contributed by atoms with Crippen LogP contribution in [-0.4, -0.2) is 11.5 Å². The Kier molecular flexibility index (Phi) is 11.4. The minimum Gasteiger partial charge on any atom is -0.0936 e. The third-order valence-corrected chi connectivity index (χ3v) is 4.41. The minimum absolute atomic E-state index is 0. The highest BCUT2D eigenvalue weighted by atomic mass is 33.1. The second kappa shape index (κ2) is 7.92. The van der Waals surface area contributed by atoms with Gasteiger partial charge in [0.15, 0.2) is 0 Å². The molecule has 0 radical (unpaired) electrons. The van der Waals surface area contributed by atoms with Gasteiger partial charge in [0.2, 0.25) is 0 Å². The summed E-state index contributed by atoms with van der Waals surface area (Å²) in [5.74, 6) is 2.49. The lowest BCUT2D eigenvalue weighted by Crippen LogP contribution is -2.10.